The summed E-state index contributed by atoms with van der Waals surface area (Å²) in [5.41, 5.74) is 0.526. The van der Waals surface area contributed by atoms with Crippen molar-refractivity contribution in [1.29, 1.82) is 0 Å². The lowest BCUT2D eigenvalue weighted by molar-refractivity contribution is -0.150. The number of amides is 2. The smallest absolute Gasteiger partial charge is 0.321 e. The van der Waals surface area contributed by atoms with Crippen molar-refractivity contribution in [2.75, 3.05) is 18.4 Å². The molecule has 1 fully saturated rings. The highest BCUT2D eigenvalue weighted by molar-refractivity contribution is 5.90. The van der Waals surface area contributed by atoms with Gasteiger partial charge in [0.05, 0.1) is 16.8 Å². The molecule has 1 atom stereocenters. The van der Waals surface area contributed by atoms with Crippen molar-refractivity contribution in [3.8, 4) is 0 Å². The molecular weight excluding hydrogens is 258 g/mol. The zero-order chi connectivity index (χ0) is 14.8. The van der Waals surface area contributed by atoms with Gasteiger partial charge in [-0.3, -0.25) is 9.78 Å². The van der Waals surface area contributed by atoms with E-state index in [4.69, 9.17) is 0 Å². The second kappa shape index (κ2) is 5.48. The zero-order valence-corrected chi connectivity index (χ0v) is 11.7. The number of likely N-dealkylation sites (tertiary alicyclic amines) is 1. The van der Waals surface area contributed by atoms with Gasteiger partial charge in [0.2, 0.25) is 0 Å². The molecule has 1 aromatic heterocycles. The van der Waals surface area contributed by atoms with Crippen LogP contribution >= 0.6 is 0 Å². The standard InChI is InChI=1S/C14H19N3O3/c1-10-11(5-3-7-15-10)16-13(20)17-8-4-6-14(2,9-17)12(18)19/h3,5,7H,4,6,8-9H2,1-2H3,(H,16,20)(H,18,19). The molecule has 1 aliphatic rings. The lowest BCUT2D eigenvalue weighted by atomic mass is 9.82. The number of aryl methyl sites for hydroxylation is 1. The van der Waals surface area contributed by atoms with Gasteiger partial charge in [-0.2, -0.15) is 0 Å². The number of rotatable bonds is 2. The number of aliphatic carboxylic acids is 1. The summed E-state index contributed by atoms with van der Waals surface area (Å²) in [4.78, 5) is 29.2. The monoisotopic (exact) mass is 277 g/mol. The third kappa shape index (κ3) is 2.89. The Hall–Kier alpha value is -2.11. The van der Waals surface area contributed by atoms with E-state index < -0.39 is 11.4 Å². The molecule has 2 rings (SSSR count). The van der Waals surface area contributed by atoms with Crippen LogP contribution in [-0.2, 0) is 4.79 Å². The van der Waals surface area contributed by atoms with Gasteiger partial charge in [0.1, 0.15) is 0 Å². The van der Waals surface area contributed by atoms with Crippen LogP contribution in [0.3, 0.4) is 0 Å². The molecular formula is C14H19N3O3. The number of carboxylic acid groups (broad SMARTS) is 1. The number of urea groups is 1. The van der Waals surface area contributed by atoms with Crippen LogP contribution in [0.25, 0.3) is 0 Å². The molecule has 0 radical (unpaired) electrons. The molecule has 2 heterocycles. The van der Waals surface area contributed by atoms with E-state index in [0.717, 1.165) is 5.69 Å². The second-order valence-corrected chi connectivity index (χ2v) is 5.46. The lowest BCUT2D eigenvalue weighted by Crippen LogP contribution is -2.49. The first-order valence-corrected chi connectivity index (χ1v) is 6.63. The summed E-state index contributed by atoms with van der Waals surface area (Å²) in [6.07, 6.45) is 2.95. The van der Waals surface area contributed by atoms with Crippen LogP contribution in [0.4, 0.5) is 10.5 Å². The Morgan fingerprint density at radius 1 is 1.50 bits per heavy atom. The zero-order valence-electron chi connectivity index (χ0n) is 11.7. The fourth-order valence-electron chi connectivity index (χ4n) is 2.40. The van der Waals surface area contributed by atoms with Crippen LogP contribution < -0.4 is 5.32 Å². The van der Waals surface area contributed by atoms with Gasteiger partial charge < -0.3 is 15.3 Å². The van der Waals surface area contributed by atoms with E-state index in [2.05, 4.69) is 10.3 Å². The topological polar surface area (TPSA) is 82.5 Å². The number of carbonyl (C=O) groups is 2. The van der Waals surface area contributed by atoms with E-state index in [9.17, 15) is 14.7 Å². The molecule has 1 aromatic rings. The van der Waals surface area contributed by atoms with Crippen molar-refractivity contribution < 1.29 is 14.7 Å². The predicted octanol–water partition coefficient (Wildman–Crippen LogP) is 2.11. The highest BCUT2D eigenvalue weighted by atomic mass is 16.4. The molecule has 1 unspecified atom stereocenters. The average molecular weight is 277 g/mol. The molecule has 0 saturated carbocycles. The Kier molecular flexibility index (Phi) is 3.92. The summed E-state index contributed by atoms with van der Waals surface area (Å²) in [7, 11) is 0. The predicted molar refractivity (Wildman–Crippen MR) is 74.5 cm³/mol. The van der Waals surface area contributed by atoms with Gasteiger partial charge >= 0.3 is 12.0 Å². The van der Waals surface area contributed by atoms with Crippen molar-refractivity contribution in [2.24, 2.45) is 5.41 Å². The van der Waals surface area contributed by atoms with Gasteiger partial charge in [0.25, 0.3) is 0 Å². The van der Waals surface area contributed by atoms with E-state index in [1.165, 1.54) is 0 Å². The van der Waals surface area contributed by atoms with Crippen molar-refractivity contribution in [2.45, 2.75) is 26.7 Å². The van der Waals surface area contributed by atoms with E-state index in [1.807, 2.05) is 6.92 Å². The molecule has 2 N–H and O–H groups in total. The Labute approximate surface area is 117 Å². The van der Waals surface area contributed by atoms with Crippen molar-refractivity contribution in [1.82, 2.24) is 9.88 Å². The van der Waals surface area contributed by atoms with Gasteiger partial charge in [0.15, 0.2) is 0 Å². The highest BCUT2D eigenvalue weighted by Crippen LogP contribution is 2.30. The Balaban J connectivity index is 2.06. The van der Waals surface area contributed by atoms with Crippen LogP contribution in [-0.4, -0.2) is 40.1 Å². The van der Waals surface area contributed by atoms with Crippen LogP contribution in [0.2, 0.25) is 0 Å². The normalized spacial score (nSPS) is 22.4. The number of hydrogen-bond donors (Lipinski definition) is 2. The maximum Gasteiger partial charge on any atom is 0.321 e. The third-order valence-corrected chi connectivity index (χ3v) is 3.75. The number of anilines is 1. The molecule has 1 aliphatic heterocycles. The largest absolute Gasteiger partial charge is 0.481 e. The maximum absolute atomic E-state index is 12.2. The Morgan fingerprint density at radius 3 is 2.90 bits per heavy atom. The first kappa shape index (κ1) is 14.3. The van der Waals surface area contributed by atoms with Gasteiger partial charge in [-0.15, -0.1) is 0 Å². The van der Waals surface area contributed by atoms with Crippen LogP contribution in [0.5, 0.6) is 0 Å². The second-order valence-electron chi connectivity index (χ2n) is 5.46. The SMILES string of the molecule is Cc1ncccc1NC(=O)N1CCCC(C)(C(=O)O)C1. The number of piperidine rings is 1. The van der Waals surface area contributed by atoms with E-state index >= 15 is 0 Å². The Bertz CT molecular complexity index is 532. The molecule has 1 saturated heterocycles. The van der Waals surface area contributed by atoms with Crippen LogP contribution in [0.1, 0.15) is 25.5 Å². The molecule has 0 aliphatic carbocycles. The number of hydrogen-bond acceptors (Lipinski definition) is 3. The lowest BCUT2D eigenvalue weighted by Gasteiger charge is -2.37. The maximum atomic E-state index is 12.2. The van der Waals surface area contributed by atoms with Gasteiger partial charge in [-0.05, 0) is 38.8 Å². The first-order chi connectivity index (χ1) is 9.42. The van der Waals surface area contributed by atoms with Gasteiger partial charge in [-0.25, -0.2) is 4.79 Å². The molecule has 2 amide bonds. The summed E-state index contributed by atoms with van der Waals surface area (Å²) < 4.78 is 0. The molecule has 6 nitrogen and oxygen atoms in total. The van der Waals surface area contributed by atoms with Gasteiger partial charge in [-0.1, -0.05) is 0 Å². The quantitative estimate of drug-likeness (QED) is 0.867. The number of carboxylic acids is 1. The number of nitrogens with one attached hydrogen (secondary N) is 1. The number of pyridine rings is 1. The summed E-state index contributed by atoms with van der Waals surface area (Å²) in [6.45, 7) is 4.30. The van der Waals surface area contributed by atoms with Crippen molar-refractivity contribution in [3.05, 3.63) is 24.0 Å². The van der Waals surface area contributed by atoms with E-state index in [-0.39, 0.29) is 12.6 Å². The minimum atomic E-state index is -0.862. The van der Waals surface area contributed by atoms with Gasteiger partial charge in [0, 0.05) is 19.3 Å². The molecule has 0 bridgehead atoms. The third-order valence-electron chi connectivity index (χ3n) is 3.75. The minimum Gasteiger partial charge on any atom is -0.481 e. The van der Waals surface area contributed by atoms with E-state index in [0.29, 0.717) is 25.1 Å². The first-order valence-electron chi connectivity index (χ1n) is 6.63. The summed E-state index contributed by atoms with van der Waals surface area (Å²) >= 11 is 0. The Morgan fingerprint density at radius 2 is 2.25 bits per heavy atom. The van der Waals surface area contributed by atoms with E-state index in [1.54, 1.807) is 30.2 Å². The fourth-order valence-corrected chi connectivity index (χ4v) is 2.40. The molecule has 6 heteroatoms. The van der Waals surface area contributed by atoms with Crippen molar-refractivity contribution in [3.63, 3.8) is 0 Å². The van der Waals surface area contributed by atoms with Crippen LogP contribution in [0.15, 0.2) is 18.3 Å². The van der Waals surface area contributed by atoms with Crippen LogP contribution in [0, 0.1) is 12.3 Å². The fraction of sp³-hybridized carbons (Fsp3) is 0.500. The molecule has 20 heavy (non-hydrogen) atoms. The number of aromatic nitrogens is 1. The molecule has 0 aromatic carbocycles. The molecule has 0 spiro atoms. The molecule has 108 valence electrons. The summed E-state index contributed by atoms with van der Waals surface area (Å²) in [6, 6.07) is 3.26. The minimum absolute atomic E-state index is 0.230. The summed E-state index contributed by atoms with van der Waals surface area (Å²) in [5, 5.41) is 12.1. The number of nitrogens with zero attached hydrogens (tertiary/aromatic N) is 2. The summed E-state index contributed by atoms with van der Waals surface area (Å²) in [5.74, 6) is -0.854. The highest BCUT2D eigenvalue weighted by Gasteiger charge is 2.39. The van der Waals surface area contributed by atoms with Crippen molar-refractivity contribution >= 4 is 17.7 Å². The number of carbonyl (C=O) groups excluding carboxylic acids is 1. The average Bonchev–Trinajstić information content (AvgIpc) is 2.41.